The van der Waals surface area contributed by atoms with Crippen molar-refractivity contribution in [2.24, 2.45) is 0 Å². The third kappa shape index (κ3) is 2.27. The van der Waals surface area contributed by atoms with Crippen LogP contribution in [-0.2, 0) is 33.8 Å². The fourth-order valence-corrected chi connectivity index (χ4v) is 2.31. The molecular weight excluding hydrogens is 276 g/mol. The van der Waals surface area contributed by atoms with Crippen LogP contribution in [0.15, 0.2) is 4.73 Å². The first kappa shape index (κ1) is 11.6. The van der Waals surface area contributed by atoms with Gasteiger partial charge in [-0.25, -0.2) is 4.98 Å². The first-order valence-corrected chi connectivity index (χ1v) is 5.98. The summed E-state index contributed by atoms with van der Waals surface area (Å²) in [5.41, 5.74) is 1.70. The van der Waals surface area contributed by atoms with Gasteiger partial charge in [0.2, 0.25) is 0 Å². The molecule has 1 aliphatic rings. The van der Waals surface area contributed by atoms with Crippen LogP contribution in [0.4, 0.5) is 0 Å². The molecule has 1 aliphatic heterocycles. The number of carbonyl (C=O) groups excluding carboxylic acids is 1. The zero-order valence-electron chi connectivity index (χ0n) is 9.03. The molecule has 0 aromatic carbocycles. The van der Waals surface area contributed by atoms with Crippen LogP contribution in [0.25, 0.3) is 0 Å². The fourth-order valence-electron chi connectivity index (χ4n) is 1.71. The van der Waals surface area contributed by atoms with Gasteiger partial charge in [-0.3, -0.25) is 4.79 Å². The highest BCUT2D eigenvalue weighted by Crippen LogP contribution is 2.21. The van der Waals surface area contributed by atoms with Crippen LogP contribution >= 0.6 is 15.9 Å². The summed E-state index contributed by atoms with van der Waals surface area (Å²) in [6.45, 7) is 4.14. The lowest BCUT2D eigenvalue weighted by Gasteiger charge is -2.16. The van der Waals surface area contributed by atoms with Gasteiger partial charge in [0, 0.05) is 6.54 Å². The molecule has 6 heteroatoms. The molecule has 0 fully saturated rings. The summed E-state index contributed by atoms with van der Waals surface area (Å²) < 4.78 is 13.0. The summed E-state index contributed by atoms with van der Waals surface area (Å²) in [5.74, 6) is -0.249. The van der Waals surface area contributed by atoms with E-state index in [9.17, 15) is 4.79 Å². The van der Waals surface area contributed by atoms with Gasteiger partial charge in [0.1, 0.15) is 0 Å². The van der Waals surface area contributed by atoms with Crippen LogP contribution in [-0.4, -0.2) is 28.7 Å². The van der Waals surface area contributed by atoms with Gasteiger partial charge in [-0.1, -0.05) is 0 Å². The van der Waals surface area contributed by atoms with Crippen LogP contribution in [0.2, 0.25) is 0 Å². The highest BCUT2D eigenvalue weighted by atomic mass is 79.9. The van der Waals surface area contributed by atoms with Crippen LogP contribution in [0.3, 0.4) is 0 Å². The molecule has 2 rings (SSSR count). The average molecular weight is 289 g/mol. The molecule has 2 heterocycles. The molecule has 0 unspecified atom stereocenters. The number of aromatic nitrogens is 2. The van der Waals surface area contributed by atoms with Crippen molar-refractivity contribution >= 4 is 21.9 Å². The molecule has 0 N–H and O–H groups in total. The summed E-state index contributed by atoms with van der Waals surface area (Å²) in [4.78, 5) is 15.7. The Labute approximate surface area is 102 Å². The van der Waals surface area contributed by atoms with Crippen molar-refractivity contribution in [3.05, 3.63) is 16.1 Å². The van der Waals surface area contributed by atoms with E-state index in [1.165, 1.54) is 0 Å². The summed E-state index contributed by atoms with van der Waals surface area (Å²) in [6, 6.07) is 0. The Morgan fingerprint density at radius 3 is 3.25 bits per heavy atom. The van der Waals surface area contributed by atoms with E-state index in [2.05, 4.69) is 20.9 Å². The summed E-state index contributed by atoms with van der Waals surface area (Å²) in [5, 5.41) is 0. The zero-order chi connectivity index (χ0) is 11.5. The SMILES string of the molecule is CCOC(=O)Cc1nc(Br)n2c1COCC2. The lowest BCUT2D eigenvalue weighted by Crippen LogP contribution is -2.18. The number of ether oxygens (including phenoxy) is 2. The van der Waals surface area contributed by atoms with E-state index in [-0.39, 0.29) is 12.4 Å². The molecule has 0 saturated carbocycles. The van der Waals surface area contributed by atoms with Gasteiger partial charge in [-0.05, 0) is 22.9 Å². The van der Waals surface area contributed by atoms with Gasteiger partial charge in [0.15, 0.2) is 4.73 Å². The van der Waals surface area contributed by atoms with E-state index >= 15 is 0 Å². The smallest absolute Gasteiger partial charge is 0.311 e. The average Bonchev–Trinajstić information content (AvgIpc) is 2.57. The Kier molecular flexibility index (Phi) is 3.60. The first-order chi connectivity index (χ1) is 7.72. The van der Waals surface area contributed by atoms with E-state index in [4.69, 9.17) is 9.47 Å². The third-order valence-electron chi connectivity index (χ3n) is 2.42. The second-order valence-electron chi connectivity index (χ2n) is 3.46. The lowest BCUT2D eigenvalue weighted by atomic mass is 10.2. The van der Waals surface area contributed by atoms with Crippen molar-refractivity contribution in [1.29, 1.82) is 0 Å². The molecule has 88 valence electrons. The number of halogens is 1. The van der Waals surface area contributed by atoms with E-state index in [1.54, 1.807) is 6.92 Å². The van der Waals surface area contributed by atoms with Crippen molar-refractivity contribution in [1.82, 2.24) is 9.55 Å². The summed E-state index contributed by atoms with van der Waals surface area (Å²) in [6.07, 6.45) is 0.206. The van der Waals surface area contributed by atoms with Crippen molar-refractivity contribution in [3.63, 3.8) is 0 Å². The predicted molar refractivity (Wildman–Crippen MR) is 59.9 cm³/mol. The van der Waals surface area contributed by atoms with Crippen molar-refractivity contribution in [2.75, 3.05) is 13.2 Å². The van der Waals surface area contributed by atoms with Gasteiger partial charge in [0.25, 0.3) is 0 Å². The molecular formula is C10H13BrN2O3. The molecule has 0 bridgehead atoms. The molecule has 0 radical (unpaired) electrons. The number of hydrogen-bond acceptors (Lipinski definition) is 4. The van der Waals surface area contributed by atoms with Gasteiger partial charge in [0.05, 0.1) is 37.6 Å². The number of fused-ring (bicyclic) bond motifs is 1. The maximum absolute atomic E-state index is 11.4. The van der Waals surface area contributed by atoms with Gasteiger partial charge < -0.3 is 14.0 Å². The largest absolute Gasteiger partial charge is 0.466 e. The van der Waals surface area contributed by atoms with E-state index in [0.29, 0.717) is 19.8 Å². The van der Waals surface area contributed by atoms with Crippen LogP contribution in [0.1, 0.15) is 18.3 Å². The van der Waals surface area contributed by atoms with Crippen molar-refractivity contribution in [3.8, 4) is 0 Å². The number of hydrogen-bond donors (Lipinski definition) is 0. The molecule has 1 aromatic heterocycles. The third-order valence-corrected chi connectivity index (χ3v) is 3.03. The first-order valence-electron chi connectivity index (χ1n) is 5.19. The maximum Gasteiger partial charge on any atom is 0.311 e. The predicted octanol–water partition coefficient (Wildman–Crippen LogP) is 1.28. The molecule has 0 saturated heterocycles. The van der Waals surface area contributed by atoms with Crippen molar-refractivity contribution in [2.45, 2.75) is 26.5 Å². The molecule has 0 atom stereocenters. The van der Waals surface area contributed by atoms with Crippen LogP contribution < -0.4 is 0 Å². The van der Waals surface area contributed by atoms with E-state index in [0.717, 1.165) is 22.7 Å². The minimum Gasteiger partial charge on any atom is -0.466 e. The normalized spacial score (nSPS) is 14.6. The topological polar surface area (TPSA) is 53.3 Å². The summed E-state index contributed by atoms with van der Waals surface area (Å²) >= 11 is 3.38. The number of rotatable bonds is 3. The second kappa shape index (κ2) is 4.97. The minimum absolute atomic E-state index is 0.206. The fraction of sp³-hybridized carbons (Fsp3) is 0.600. The van der Waals surface area contributed by atoms with Gasteiger partial charge >= 0.3 is 5.97 Å². The van der Waals surface area contributed by atoms with Gasteiger partial charge in [-0.2, -0.15) is 0 Å². The molecule has 5 nitrogen and oxygen atoms in total. The number of carbonyl (C=O) groups is 1. The Balaban J connectivity index is 2.18. The molecule has 0 spiro atoms. The molecule has 0 aliphatic carbocycles. The van der Waals surface area contributed by atoms with E-state index < -0.39 is 0 Å². The van der Waals surface area contributed by atoms with E-state index in [1.807, 2.05) is 4.57 Å². The summed E-state index contributed by atoms with van der Waals surface area (Å²) in [7, 11) is 0. The Morgan fingerprint density at radius 2 is 2.50 bits per heavy atom. The molecule has 1 aromatic rings. The lowest BCUT2D eigenvalue weighted by molar-refractivity contribution is -0.142. The minimum atomic E-state index is -0.249. The van der Waals surface area contributed by atoms with Gasteiger partial charge in [-0.15, -0.1) is 0 Å². The monoisotopic (exact) mass is 288 g/mol. The Bertz CT molecular complexity index is 403. The highest BCUT2D eigenvalue weighted by Gasteiger charge is 2.21. The zero-order valence-corrected chi connectivity index (χ0v) is 10.6. The second-order valence-corrected chi connectivity index (χ2v) is 4.17. The van der Waals surface area contributed by atoms with Crippen LogP contribution in [0, 0.1) is 0 Å². The van der Waals surface area contributed by atoms with Crippen LogP contribution in [0.5, 0.6) is 0 Å². The standard InChI is InChI=1S/C10H13BrN2O3/c1-2-16-9(14)5-7-8-6-15-4-3-13(8)10(11)12-7/h2-6H2,1H3. The Hall–Kier alpha value is -0.880. The van der Waals surface area contributed by atoms with Crippen molar-refractivity contribution < 1.29 is 14.3 Å². The number of esters is 1. The maximum atomic E-state index is 11.4. The Morgan fingerprint density at radius 1 is 1.69 bits per heavy atom. The molecule has 16 heavy (non-hydrogen) atoms. The highest BCUT2D eigenvalue weighted by molar-refractivity contribution is 9.10. The quantitative estimate of drug-likeness (QED) is 0.787. The number of imidazole rings is 1. The number of nitrogens with zero attached hydrogens (tertiary/aromatic N) is 2. The molecule has 0 amide bonds.